The van der Waals surface area contributed by atoms with Crippen molar-refractivity contribution in [2.24, 2.45) is 0 Å². The quantitative estimate of drug-likeness (QED) is 0.852. The van der Waals surface area contributed by atoms with Gasteiger partial charge >= 0.3 is 0 Å². The molecule has 2 fully saturated rings. The second-order valence-corrected chi connectivity index (χ2v) is 6.18. The molecule has 118 valence electrons. The van der Waals surface area contributed by atoms with Crippen LogP contribution in [0.15, 0.2) is 28.7 Å². The molecule has 2 saturated heterocycles. The Kier molecular flexibility index (Phi) is 3.99. The van der Waals surface area contributed by atoms with Gasteiger partial charge in [0.1, 0.15) is 5.52 Å². The molecule has 3 heterocycles. The first-order valence-electron chi connectivity index (χ1n) is 8.32. The number of aromatic nitrogens is 1. The average molecular weight is 301 g/mol. The summed E-state index contributed by atoms with van der Waals surface area (Å²) in [5.41, 5.74) is 1.83. The highest BCUT2D eigenvalue weighted by atomic mass is 16.5. The van der Waals surface area contributed by atoms with Crippen molar-refractivity contribution in [1.82, 2.24) is 9.88 Å². The SMILES string of the molecule is c1ccc2oc(N3CCC(N4CCCOCC4)CC3)nc2c1. The van der Waals surface area contributed by atoms with E-state index in [4.69, 9.17) is 9.15 Å². The van der Waals surface area contributed by atoms with Gasteiger partial charge in [0, 0.05) is 38.8 Å². The number of anilines is 1. The van der Waals surface area contributed by atoms with Gasteiger partial charge in [-0.05, 0) is 31.4 Å². The van der Waals surface area contributed by atoms with Gasteiger partial charge < -0.3 is 14.1 Å². The van der Waals surface area contributed by atoms with Crippen LogP contribution in [0.25, 0.3) is 11.1 Å². The predicted molar refractivity (Wildman–Crippen MR) is 86.3 cm³/mol. The van der Waals surface area contributed by atoms with E-state index < -0.39 is 0 Å². The van der Waals surface area contributed by atoms with E-state index in [1.165, 1.54) is 19.4 Å². The van der Waals surface area contributed by atoms with Crippen LogP contribution < -0.4 is 4.90 Å². The Bertz CT molecular complexity index is 578. The molecule has 0 radical (unpaired) electrons. The lowest BCUT2D eigenvalue weighted by Gasteiger charge is -2.37. The van der Waals surface area contributed by atoms with Gasteiger partial charge in [0.25, 0.3) is 6.01 Å². The maximum Gasteiger partial charge on any atom is 0.298 e. The van der Waals surface area contributed by atoms with Crippen LogP contribution in [0.2, 0.25) is 0 Å². The smallest absolute Gasteiger partial charge is 0.298 e. The molecule has 0 atom stereocenters. The minimum absolute atomic E-state index is 0.683. The van der Waals surface area contributed by atoms with Crippen LogP contribution in [0.4, 0.5) is 6.01 Å². The Morgan fingerprint density at radius 1 is 1.00 bits per heavy atom. The molecule has 0 unspecified atom stereocenters. The largest absolute Gasteiger partial charge is 0.423 e. The number of hydrogen-bond donors (Lipinski definition) is 0. The van der Waals surface area contributed by atoms with Crippen LogP contribution >= 0.6 is 0 Å². The van der Waals surface area contributed by atoms with Crippen molar-refractivity contribution < 1.29 is 9.15 Å². The topological polar surface area (TPSA) is 41.7 Å². The molecule has 0 spiro atoms. The number of hydrogen-bond acceptors (Lipinski definition) is 5. The Hall–Kier alpha value is -1.59. The molecule has 0 N–H and O–H groups in total. The zero-order valence-corrected chi connectivity index (χ0v) is 12.9. The van der Waals surface area contributed by atoms with Crippen LogP contribution in [-0.2, 0) is 4.74 Å². The van der Waals surface area contributed by atoms with E-state index in [1.54, 1.807) is 0 Å². The van der Waals surface area contributed by atoms with E-state index in [0.29, 0.717) is 6.04 Å². The summed E-state index contributed by atoms with van der Waals surface area (Å²) in [5, 5.41) is 0. The van der Waals surface area contributed by atoms with E-state index in [0.717, 1.165) is 56.4 Å². The van der Waals surface area contributed by atoms with Gasteiger partial charge in [0.2, 0.25) is 0 Å². The highest BCUT2D eigenvalue weighted by Gasteiger charge is 2.27. The van der Waals surface area contributed by atoms with Crippen molar-refractivity contribution in [1.29, 1.82) is 0 Å². The molecule has 22 heavy (non-hydrogen) atoms. The van der Waals surface area contributed by atoms with Gasteiger partial charge in [-0.2, -0.15) is 4.98 Å². The third-order valence-corrected chi connectivity index (χ3v) is 4.79. The fourth-order valence-corrected chi connectivity index (χ4v) is 3.55. The number of piperidine rings is 1. The molecular weight excluding hydrogens is 278 g/mol. The standard InChI is InChI=1S/C17H23N3O2/c1-2-5-16-15(4-1)18-17(22-16)20-9-6-14(7-10-20)19-8-3-12-21-13-11-19/h1-2,4-5,14H,3,6-13H2. The Labute approximate surface area is 130 Å². The number of ether oxygens (including phenoxy) is 1. The molecule has 5 nitrogen and oxygen atoms in total. The van der Waals surface area contributed by atoms with E-state index in [1.807, 2.05) is 24.3 Å². The Balaban J connectivity index is 1.40. The van der Waals surface area contributed by atoms with Crippen LogP contribution in [-0.4, -0.2) is 55.3 Å². The summed E-state index contributed by atoms with van der Waals surface area (Å²) in [6, 6.07) is 9.44. The average Bonchev–Trinajstić information content (AvgIpc) is 2.81. The number of benzene rings is 1. The van der Waals surface area contributed by atoms with Crippen LogP contribution in [0, 0.1) is 0 Å². The summed E-state index contributed by atoms with van der Waals surface area (Å²) in [6.07, 6.45) is 3.52. The van der Waals surface area contributed by atoms with Gasteiger partial charge in [-0.15, -0.1) is 0 Å². The summed E-state index contributed by atoms with van der Waals surface area (Å²) in [5.74, 6) is 0. The Morgan fingerprint density at radius 2 is 1.86 bits per heavy atom. The highest BCUT2D eigenvalue weighted by molar-refractivity contribution is 5.74. The molecule has 0 aliphatic carbocycles. The fraction of sp³-hybridized carbons (Fsp3) is 0.588. The van der Waals surface area contributed by atoms with E-state index in [-0.39, 0.29) is 0 Å². The van der Waals surface area contributed by atoms with Gasteiger partial charge in [0.05, 0.1) is 6.61 Å². The van der Waals surface area contributed by atoms with E-state index in [2.05, 4.69) is 14.8 Å². The second kappa shape index (κ2) is 6.26. The number of oxazole rings is 1. The number of fused-ring (bicyclic) bond motifs is 1. The van der Waals surface area contributed by atoms with Crippen molar-refractivity contribution in [3.05, 3.63) is 24.3 Å². The number of nitrogens with zero attached hydrogens (tertiary/aromatic N) is 3. The number of rotatable bonds is 2. The van der Waals surface area contributed by atoms with Crippen molar-refractivity contribution in [2.75, 3.05) is 44.3 Å². The normalized spacial score (nSPS) is 22.1. The summed E-state index contributed by atoms with van der Waals surface area (Å²) in [6.45, 7) is 6.09. The highest BCUT2D eigenvalue weighted by Crippen LogP contribution is 2.26. The third-order valence-electron chi connectivity index (χ3n) is 4.79. The van der Waals surface area contributed by atoms with Crippen molar-refractivity contribution in [3.8, 4) is 0 Å². The van der Waals surface area contributed by atoms with Gasteiger partial charge in [-0.25, -0.2) is 0 Å². The predicted octanol–water partition coefficient (Wildman–Crippen LogP) is 2.52. The second-order valence-electron chi connectivity index (χ2n) is 6.18. The fourth-order valence-electron chi connectivity index (χ4n) is 3.55. The lowest BCUT2D eigenvalue weighted by atomic mass is 10.0. The molecule has 2 aliphatic heterocycles. The first kappa shape index (κ1) is 14.0. The first-order chi connectivity index (χ1) is 10.9. The van der Waals surface area contributed by atoms with Crippen molar-refractivity contribution >= 4 is 17.1 Å². The van der Waals surface area contributed by atoms with Crippen LogP contribution in [0.5, 0.6) is 0 Å². The monoisotopic (exact) mass is 301 g/mol. The summed E-state index contributed by atoms with van der Waals surface area (Å²) in [7, 11) is 0. The first-order valence-corrected chi connectivity index (χ1v) is 8.32. The summed E-state index contributed by atoms with van der Waals surface area (Å²) < 4.78 is 11.5. The third kappa shape index (κ3) is 2.83. The summed E-state index contributed by atoms with van der Waals surface area (Å²) in [4.78, 5) is 9.50. The minimum atomic E-state index is 0.683. The molecule has 1 aromatic heterocycles. The van der Waals surface area contributed by atoms with Gasteiger partial charge in [-0.3, -0.25) is 4.90 Å². The molecule has 0 saturated carbocycles. The molecule has 0 bridgehead atoms. The summed E-state index contributed by atoms with van der Waals surface area (Å²) >= 11 is 0. The Morgan fingerprint density at radius 3 is 2.73 bits per heavy atom. The van der Waals surface area contributed by atoms with Gasteiger partial charge in [0.15, 0.2) is 5.58 Å². The lowest BCUT2D eigenvalue weighted by molar-refractivity contribution is 0.125. The van der Waals surface area contributed by atoms with Crippen LogP contribution in [0.1, 0.15) is 19.3 Å². The zero-order valence-electron chi connectivity index (χ0n) is 12.9. The molecule has 5 heteroatoms. The lowest BCUT2D eigenvalue weighted by Crippen LogP contribution is -2.46. The molecule has 2 aromatic rings. The molecular formula is C17H23N3O2. The molecule has 1 aromatic carbocycles. The van der Waals surface area contributed by atoms with Crippen molar-refractivity contribution in [2.45, 2.75) is 25.3 Å². The maximum absolute atomic E-state index is 5.89. The van der Waals surface area contributed by atoms with Crippen LogP contribution in [0.3, 0.4) is 0 Å². The zero-order chi connectivity index (χ0) is 14.8. The number of para-hydroxylation sites is 2. The van der Waals surface area contributed by atoms with E-state index in [9.17, 15) is 0 Å². The molecule has 2 aliphatic rings. The van der Waals surface area contributed by atoms with Crippen molar-refractivity contribution in [3.63, 3.8) is 0 Å². The van der Waals surface area contributed by atoms with E-state index >= 15 is 0 Å². The molecule has 4 rings (SSSR count). The molecule has 0 amide bonds. The minimum Gasteiger partial charge on any atom is -0.423 e. The van der Waals surface area contributed by atoms with Gasteiger partial charge in [-0.1, -0.05) is 12.1 Å². The maximum atomic E-state index is 5.89.